The van der Waals surface area contributed by atoms with Crippen molar-refractivity contribution in [1.29, 1.82) is 0 Å². The van der Waals surface area contributed by atoms with Gasteiger partial charge in [-0.1, -0.05) is 6.07 Å². The number of methoxy groups -OCH3 is 3. The van der Waals surface area contributed by atoms with E-state index in [9.17, 15) is 9.59 Å². The Morgan fingerprint density at radius 3 is 2.21 bits per heavy atom. The molecule has 0 heterocycles. The molecule has 0 fully saturated rings. The Bertz CT molecular complexity index is 913. The predicted molar refractivity (Wildman–Crippen MR) is 113 cm³/mol. The summed E-state index contributed by atoms with van der Waals surface area (Å²) in [7, 11) is 4.61. The van der Waals surface area contributed by atoms with E-state index in [1.807, 2.05) is 0 Å². The van der Waals surface area contributed by atoms with Crippen LogP contribution in [0.25, 0.3) is 6.08 Å². The average Bonchev–Trinajstić information content (AvgIpc) is 2.75. The molecule has 0 atom stereocenters. The number of nitrogens with one attached hydrogen (secondary N) is 3. The average molecular weight is 415 g/mol. The van der Waals surface area contributed by atoms with Crippen LogP contribution in [0.2, 0.25) is 0 Å². The molecular formula is C20H21N3O5S. The number of hydrogen-bond donors (Lipinski definition) is 3. The minimum atomic E-state index is -0.462. The topological polar surface area (TPSA) is 97.9 Å². The third-order valence-corrected chi connectivity index (χ3v) is 3.92. The van der Waals surface area contributed by atoms with E-state index in [-0.39, 0.29) is 5.11 Å². The largest absolute Gasteiger partial charge is 0.497 e. The van der Waals surface area contributed by atoms with Crippen LogP contribution in [0.4, 0.5) is 0 Å². The number of hydrazine groups is 1. The van der Waals surface area contributed by atoms with Crippen molar-refractivity contribution in [3.63, 3.8) is 0 Å². The second-order valence-electron chi connectivity index (χ2n) is 5.57. The standard InChI is InChI=1S/C20H21N3O5S/c1-26-15-8-6-14(7-9-15)19(25)22-23-20(29)21-18(24)11-5-13-4-10-16(27-2)17(12-13)28-3/h4-12H,1-3H3,(H,22,25)(H2,21,23,24,29). The Morgan fingerprint density at radius 1 is 0.897 bits per heavy atom. The molecule has 2 aromatic rings. The molecule has 152 valence electrons. The van der Waals surface area contributed by atoms with Crippen molar-refractivity contribution in [2.75, 3.05) is 21.3 Å². The number of hydrogen-bond acceptors (Lipinski definition) is 6. The number of amides is 2. The Kier molecular flexibility index (Phi) is 7.99. The van der Waals surface area contributed by atoms with Crippen LogP contribution in [0.15, 0.2) is 48.5 Å². The molecule has 2 rings (SSSR count). The predicted octanol–water partition coefficient (Wildman–Crippen LogP) is 2.06. The fraction of sp³-hybridized carbons (Fsp3) is 0.150. The molecule has 0 saturated carbocycles. The van der Waals surface area contributed by atoms with E-state index in [4.69, 9.17) is 26.4 Å². The molecule has 2 aromatic carbocycles. The van der Waals surface area contributed by atoms with Gasteiger partial charge in [0.05, 0.1) is 21.3 Å². The monoisotopic (exact) mass is 415 g/mol. The lowest BCUT2D eigenvalue weighted by Gasteiger charge is -2.10. The zero-order chi connectivity index (χ0) is 21.2. The first kappa shape index (κ1) is 21.7. The Labute approximate surface area is 173 Å². The molecule has 0 aliphatic carbocycles. The van der Waals surface area contributed by atoms with Gasteiger partial charge in [-0.15, -0.1) is 0 Å². The van der Waals surface area contributed by atoms with Gasteiger partial charge in [0.15, 0.2) is 16.6 Å². The Balaban J connectivity index is 1.84. The van der Waals surface area contributed by atoms with Gasteiger partial charge in [-0.2, -0.15) is 0 Å². The van der Waals surface area contributed by atoms with E-state index in [2.05, 4.69) is 16.2 Å². The van der Waals surface area contributed by atoms with Crippen molar-refractivity contribution in [2.24, 2.45) is 0 Å². The van der Waals surface area contributed by atoms with Crippen LogP contribution < -0.4 is 30.4 Å². The lowest BCUT2D eigenvalue weighted by molar-refractivity contribution is -0.115. The minimum Gasteiger partial charge on any atom is -0.497 e. The summed E-state index contributed by atoms with van der Waals surface area (Å²) in [6.07, 6.45) is 2.90. The highest BCUT2D eigenvalue weighted by atomic mass is 32.1. The van der Waals surface area contributed by atoms with Gasteiger partial charge in [-0.05, 0) is 60.3 Å². The van der Waals surface area contributed by atoms with Gasteiger partial charge in [0, 0.05) is 11.6 Å². The van der Waals surface area contributed by atoms with Crippen LogP contribution in [0.1, 0.15) is 15.9 Å². The summed E-state index contributed by atoms with van der Waals surface area (Å²) in [4.78, 5) is 24.0. The zero-order valence-corrected chi connectivity index (χ0v) is 17.0. The molecule has 0 aromatic heterocycles. The van der Waals surface area contributed by atoms with E-state index >= 15 is 0 Å². The van der Waals surface area contributed by atoms with Crippen LogP contribution in [-0.4, -0.2) is 38.3 Å². The summed E-state index contributed by atoms with van der Waals surface area (Å²) in [5.41, 5.74) is 6.02. The highest BCUT2D eigenvalue weighted by Gasteiger charge is 2.07. The van der Waals surface area contributed by atoms with Crippen molar-refractivity contribution in [3.05, 3.63) is 59.7 Å². The molecule has 8 nitrogen and oxygen atoms in total. The first-order valence-electron chi connectivity index (χ1n) is 8.42. The molecule has 0 aliphatic heterocycles. The summed E-state index contributed by atoms with van der Waals surface area (Å²) in [6.45, 7) is 0. The van der Waals surface area contributed by atoms with Gasteiger partial charge >= 0.3 is 0 Å². The first-order valence-corrected chi connectivity index (χ1v) is 8.83. The van der Waals surface area contributed by atoms with Gasteiger partial charge in [-0.25, -0.2) is 0 Å². The Morgan fingerprint density at radius 2 is 1.59 bits per heavy atom. The fourth-order valence-corrected chi connectivity index (χ4v) is 2.39. The number of carbonyl (C=O) groups is 2. The maximum atomic E-state index is 12.0. The highest BCUT2D eigenvalue weighted by Crippen LogP contribution is 2.27. The van der Waals surface area contributed by atoms with Crippen molar-refractivity contribution >= 4 is 35.2 Å². The third kappa shape index (κ3) is 6.51. The number of carbonyl (C=O) groups excluding carboxylic acids is 2. The molecule has 0 unspecified atom stereocenters. The molecule has 2 amide bonds. The van der Waals surface area contributed by atoms with E-state index in [1.165, 1.54) is 20.3 Å². The van der Waals surface area contributed by atoms with Crippen LogP contribution in [0.3, 0.4) is 0 Å². The van der Waals surface area contributed by atoms with E-state index in [1.54, 1.807) is 55.7 Å². The lowest BCUT2D eigenvalue weighted by Crippen LogP contribution is -2.48. The quantitative estimate of drug-likeness (QED) is 0.377. The summed E-state index contributed by atoms with van der Waals surface area (Å²) >= 11 is 4.99. The molecule has 0 bridgehead atoms. The van der Waals surface area contributed by atoms with Gasteiger partial charge in [-0.3, -0.25) is 25.8 Å². The maximum absolute atomic E-state index is 12.0. The number of thiocarbonyl (C=S) groups is 1. The number of rotatable bonds is 6. The first-order chi connectivity index (χ1) is 14.0. The van der Waals surface area contributed by atoms with Crippen LogP contribution in [-0.2, 0) is 4.79 Å². The van der Waals surface area contributed by atoms with Crippen molar-refractivity contribution in [3.8, 4) is 17.2 Å². The van der Waals surface area contributed by atoms with E-state index in [0.717, 1.165) is 5.56 Å². The molecule has 29 heavy (non-hydrogen) atoms. The van der Waals surface area contributed by atoms with Crippen molar-refractivity contribution in [1.82, 2.24) is 16.2 Å². The van der Waals surface area contributed by atoms with Crippen molar-refractivity contribution < 1.29 is 23.8 Å². The van der Waals surface area contributed by atoms with Gasteiger partial charge < -0.3 is 14.2 Å². The third-order valence-electron chi connectivity index (χ3n) is 3.71. The fourth-order valence-electron chi connectivity index (χ4n) is 2.24. The van der Waals surface area contributed by atoms with Crippen molar-refractivity contribution in [2.45, 2.75) is 0 Å². The summed E-state index contributed by atoms with van der Waals surface area (Å²) < 4.78 is 15.4. The highest BCUT2D eigenvalue weighted by molar-refractivity contribution is 7.80. The SMILES string of the molecule is COc1ccc(C(=O)NNC(=S)NC(=O)C=Cc2ccc(OC)c(OC)c2)cc1. The summed E-state index contributed by atoms with van der Waals surface area (Å²) in [5, 5.41) is 2.38. The van der Waals surface area contributed by atoms with Crippen LogP contribution in [0.5, 0.6) is 17.2 Å². The molecule has 0 radical (unpaired) electrons. The molecule has 0 saturated heterocycles. The molecule has 0 spiro atoms. The second kappa shape index (κ2) is 10.7. The van der Waals surface area contributed by atoms with Crippen LogP contribution >= 0.6 is 12.2 Å². The normalized spacial score (nSPS) is 10.2. The maximum Gasteiger partial charge on any atom is 0.269 e. The molecule has 0 aliphatic rings. The lowest BCUT2D eigenvalue weighted by atomic mass is 10.2. The van der Waals surface area contributed by atoms with Crippen LogP contribution in [0, 0.1) is 0 Å². The second-order valence-corrected chi connectivity index (χ2v) is 5.98. The Hall–Kier alpha value is -3.59. The molecular weight excluding hydrogens is 394 g/mol. The smallest absolute Gasteiger partial charge is 0.269 e. The molecule has 9 heteroatoms. The summed E-state index contributed by atoms with van der Waals surface area (Å²) in [5.74, 6) is 0.903. The van der Waals surface area contributed by atoms with Gasteiger partial charge in [0.25, 0.3) is 5.91 Å². The number of benzene rings is 2. The summed E-state index contributed by atoms with van der Waals surface area (Å²) in [6, 6.07) is 11.8. The van der Waals surface area contributed by atoms with E-state index < -0.39 is 11.8 Å². The minimum absolute atomic E-state index is 0.0474. The molecule has 3 N–H and O–H groups in total. The van der Waals surface area contributed by atoms with Gasteiger partial charge in [0.1, 0.15) is 5.75 Å². The van der Waals surface area contributed by atoms with E-state index in [0.29, 0.717) is 22.8 Å². The van der Waals surface area contributed by atoms with Gasteiger partial charge in [0.2, 0.25) is 5.91 Å². The zero-order valence-electron chi connectivity index (χ0n) is 16.1. The number of ether oxygens (including phenoxy) is 3.